The summed E-state index contributed by atoms with van der Waals surface area (Å²) >= 11 is 0. The second kappa shape index (κ2) is 7.84. The molecular formula is C26H25N3O2. The van der Waals surface area contributed by atoms with Crippen LogP contribution < -0.4 is 14.8 Å². The van der Waals surface area contributed by atoms with Crippen molar-refractivity contribution in [2.45, 2.75) is 26.6 Å². The highest BCUT2D eigenvalue weighted by Gasteiger charge is 2.27. The van der Waals surface area contributed by atoms with Crippen LogP contribution in [0.5, 0.6) is 11.5 Å². The Hall–Kier alpha value is -3.73. The van der Waals surface area contributed by atoms with E-state index in [1.54, 1.807) is 7.11 Å². The Morgan fingerprint density at radius 1 is 0.935 bits per heavy atom. The van der Waals surface area contributed by atoms with Gasteiger partial charge in [-0.3, -0.25) is 0 Å². The van der Waals surface area contributed by atoms with Gasteiger partial charge in [-0.1, -0.05) is 54.1 Å². The molecule has 1 aliphatic heterocycles. The lowest BCUT2D eigenvalue weighted by Gasteiger charge is -2.29. The van der Waals surface area contributed by atoms with Crippen molar-refractivity contribution >= 4 is 5.69 Å². The topological polar surface area (TPSA) is 48.3 Å². The third-order valence-electron chi connectivity index (χ3n) is 5.62. The number of ether oxygens (including phenoxy) is 2. The summed E-state index contributed by atoms with van der Waals surface area (Å²) < 4.78 is 13.8. The molecule has 1 aromatic heterocycles. The Kier molecular flexibility index (Phi) is 4.86. The normalized spacial score (nSPS) is 14.4. The van der Waals surface area contributed by atoms with Gasteiger partial charge in [-0.2, -0.15) is 5.10 Å². The van der Waals surface area contributed by atoms with Crippen LogP contribution in [0.25, 0.3) is 11.3 Å². The number of nitrogens with zero attached hydrogens (tertiary/aromatic N) is 2. The standard InChI is InChI=1S/C26H25N3O2/c1-17-8-10-19(11-9-17)16-31-24-13-12-20(15-25(24)30-3)26-27-22-7-5-4-6-21(22)23-14-18(2)28-29(23)26/h4-15,26-27H,16H2,1-3H3. The van der Waals surface area contributed by atoms with Crippen molar-refractivity contribution < 1.29 is 9.47 Å². The summed E-state index contributed by atoms with van der Waals surface area (Å²) in [5, 5.41) is 8.37. The smallest absolute Gasteiger partial charge is 0.161 e. The van der Waals surface area contributed by atoms with E-state index >= 15 is 0 Å². The Labute approximate surface area is 182 Å². The molecule has 2 heterocycles. The quantitative estimate of drug-likeness (QED) is 0.456. The molecule has 0 amide bonds. The van der Waals surface area contributed by atoms with Gasteiger partial charge in [0.2, 0.25) is 0 Å². The molecule has 5 rings (SSSR count). The van der Waals surface area contributed by atoms with Crippen LogP contribution in [0.4, 0.5) is 5.69 Å². The third-order valence-corrected chi connectivity index (χ3v) is 5.62. The van der Waals surface area contributed by atoms with Crippen molar-refractivity contribution in [2.75, 3.05) is 12.4 Å². The molecule has 1 N–H and O–H groups in total. The van der Waals surface area contributed by atoms with Gasteiger partial charge in [0.25, 0.3) is 0 Å². The lowest BCUT2D eigenvalue weighted by molar-refractivity contribution is 0.284. The first-order valence-electron chi connectivity index (χ1n) is 10.4. The highest BCUT2D eigenvalue weighted by Crippen LogP contribution is 2.40. The van der Waals surface area contributed by atoms with Crippen molar-refractivity contribution in [3.8, 4) is 22.8 Å². The Bertz CT molecular complexity index is 1230. The van der Waals surface area contributed by atoms with Crippen molar-refractivity contribution in [1.82, 2.24) is 9.78 Å². The number of aromatic nitrogens is 2. The number of rotatable bonds is 5. The number of aryl methyl sites for hydroxylation is 2. The number of methoxy groups -OCH3 is 1. The van der Waals surface area contributed by atoms with Crippen LogP contribution in [0.3, 0.4) is 0 Å². The van der Waals surface area contributed by atoms with E-state index < -0.39 is 0 Å². The minimum Gasteiger partial charge on any atom is -0.493 e. The number of para-hydroxylation sites is 1. The fourth-order valence-electron chi connectivity index (χ4n) is 4.00. The van der Waals surface area contributed by atoms with Gasteiger partial charge < -0.3 is 14.8 Å². The minimum atomic E-state index is -0.126. The molecule has 0 aliphatic carbocycles. The van der Waals surface area contributed by atoms with E-state index in [0.29, 0.717) is 12.4 Å². The molecule has 1 atom stereocenters. The van der Waals surface area contributed by atoms with Gasteiger partial charge in [0, 0.05) is 16.8 Å². The average molecular weight is 412 g/mol. The summed E-state index contributed by atoms with van der Waals surface area (Å²) in [6.45, 7) is 4.59. The summed E-state index contributed by atoms with van der Waals surface area (Å²) in [4.78, 5) is 0. The molecule has 1 aliphatic rings. The van der Waals surface area contributed by atoms with Gasteiger partial charge in [-0.15, -0.1) is 0 Å². The summed E-state index contributed by atoms with van der Waals surface area (Å²) in [5.41, 5.74) is 7.76. The van der Waals surface area contributed by atoms with E-state index in [2.05, 4.69) is 66.8 Å². The highest BCUT2D eigenvalue weighted by atomic mass is 16.5. The van der Waals surface area contributed by atoms with E-state index in [9.17, 15) is 0 Å². The number of nitrogens with one attached hydrogen (secondary N) is 1. The maximum atomic E-state index is 6.06. The van der Waals surface area contributed by atoms with E-state index in [1.807, 2.05) is 29.8 Å². The molecule has 1 unspecified atom stereocenters. The summed E-state index contributed by atoms with van der Waals surface area (Å²) in [6, 6.07) is 24.9. The van der Waals surface area contributed by atoms with E-state index in [0.717, 1.165) is 39.5 Å². The van der Waals surface area contributed by atoms with Gasteiger partial charge >= 0.3 is 0 Å². The molecule has 0 saturated carbocycles. The predicted octanol–water partition coefficient (Wildman–Crippen LogP) is 5.73. The van der Waals surface area contributed by atoms with Gasteiger partial charge in [-0.05, 0) is 43.7 Å². The fourth-order valence-corrected chi connectivity index (χ4v) is 4.00. The molecule has 4 aromatic rings. The van der Waals surface area contributed by atoms with Crippen LogP contribution in [0.2, 0.25) is 0 Å². The zero-order chi connectivity index (χ0) is 21.4. The third kappa shape index (κ3) is 3.63. The molecular weight excluding hydrogens is 386 g/mol. The first-order chi connectivity index (χ1) is 15.1. The summed E-state index contributed by atoms with van der Waals surface area (Å²) in [5.74, 6) is 1.43. The number of benzene rings is 3. The van der Waals surface area contributed by atoms with Crippen LogP contribution in [0.15, 0.2) is 72.8 Å². The van der Waals surface area contributed by atoms with Crippen molar-refractivity contribution in [3.63, 3.8) is 0 Å². The predicted molar refractivity (Wildman–Crippen MR) is 123 cm³/mol. The van der Waals surface area contributed by atoms with Crippen LogP contribution in [0.1, 0.15) is 28.6 Å². The molecule has 31 heavy (non-hydrogen) atoms. The Morgan fingerprint density at radius 3 is 2.55 bits per heavy atom. The monoisotopic (exact) mass is 411 g/mol. The molecule has 3 aromatic carbocycles. The van der Waals surface area contributed by atoms with Gasteiger partial charge in [0.1, 0.15) is 12.8 Å². The molecule has 5 heteroatoms. The van der Waals surface area contributed by atoms with Gasteiger partial charge in [-0.25, -0.2) is 4.68 Å². The zero-order valence-corrected chi connectivity index (χ0v) is 17.9. The summed E-state index contributed by atoms with van der Waals surface area (Å²) in [7, 11) is 1.67. The van der Waals surface area contributed by atoms with E-state index in [-0.39, 0.29) is 6.17 Å². The second-order valence-corrected chi connectivity index (χ2v) is 7.89. The van der Waals surface area contributed by atoms with Crippen molar-refractivity contribution in [2.24, 2.45) is 0 Å². The number of hydrogen-bond donors (Lipinski definition) is 1. The molecule has 0 radical (unpaired) electrons. The van der Waals surface area contributed by atoms with E-state index in [1.165, 1.54) is 5.56 Å². The SMILES string of the molecule is COc1cc(C2Nc3ccccc3-c3cc(C)nn32)ccc1OCc1ccc(C)cc1. The lowest BCUT2D eigenvalue weighted by Crippen LogP contribution is -2.25. The number of anilines is 1. The van der Waals surface area contributed by atoms with E-state index in [4.69, 9.17) is 14.6 Å². The number of fused-ring (bicyclic) bond motifs is 3. The molecule has 5 nitrogen and oxygen atoms in total. The van der Waals surface area contributed by atoms with Gasteiger partial charge in [0.05, 0.1) is 18.5 Å². The zero-order valence-electron chi connectivity index (χ0n) is 17.9. The Morgan fingerprint density at radius 2 is 1.74 bits per heavy atom. The largest absolute Gasteiger partial charge is 0.493 e. The maximum absolute atomic E-state index is 6.06. The first-order valence-corrected chi connectivity index (χ1v) is 10.4. The molecule has 0 spiro atoms. The fraction of sp³-hybridized carbons (Fsp3) is 0.192. The van der Waals surface area contributed by atoms with Crippen LogP contribution in [-0.4, -0.2) is 16.9 Å². The van der Waals surface area contributed by atoms with Crippen molar-refractivity contribution in [3.05, 3.63) is 95.2 Å². The second-order valence-electron chi connectivity index (χ2n) is 7.89. The lowest BCUT2D eigenvalue weighted by atomic mass is 10.0. The molecule has 0 saturated heterocycles. The van der Waals surface area contributed by atoms with Crippen LogP contribution in [0, 0.1) is 13.8 Å². The Balaban J connectivity index is 1.45. The molecule has 156 valence electrons. The minimum absolute atomic E-state index is 0.126. The van der Waals surface area contributed by atoms with Crippen LogP contribution >= 0.6 is 0 Å². The highest BCUT2D eigenvalue weighted by molar-refractivity contribution is 5.78. The summed E-state index contributed by atoms with van der Waals surface area (Å²) in [6.07, 6.45) is -0.126. The average Bonchev–Trinajstić information content (AvgIpc) is 3.20. The maximum Gasteiger partial charge on any atom is 0.161 e. The first kappa shape index (κ1) is 19.2. The van der Waals surface area contributed by atoms with Crippen LogP contribution in [-0.2, 0) is 6.61 Å². The van der Waals surface area contributed by atoms with Gasteiger partial charge in [0.15, 0.2) is 11.5 Å². The molecule has 0 fully saturated rings. The molecule has 0 bridgehead atoms. The number of hydrogen-bond acceptors (Lipinski definition) is 4. The van der Waals surface area contributed by atoms with Crippen molar-refractivity contribution in [1.29, 1.82) is 0 Å².